The number of thioether (sulfide) groups is 1. The summed E-state index contributed by atoms with van der Waals surface area (Å²) in [6, 6.07) is 56.4. The first kappa shape index (κ1) is 51.9. The lowest BCUT2D eigenvalue weighted by molar-refractivity contribution is -0.151. The van der Waals surface area contributed by atoms with Crippen molar-refractivity contribution in [2.45, 2.75) is 55.7 Å². The number of ether oxygens (including phenoxy) is 2. The van der Waals surface area contributed by atoms with E-state index in [4.69, 9.17) is 9.47 Å². The first-order chi connectivity index (χ1) is 33.0. The van der Waals surface area contributed by atoms with Crippen molar-refractivity contribution in [1.29, 1.82) is 0 Å². The van der Waals surface area contributed by atoms with E-state index in [-0.39, 0.29) is 61.5 Å². The first-order valence-electron chi connectivity index (χ1n) is 22.9. The minimum atomic E-state index is -3.44. The van der Waals surface area contributed by atoms with E-state index in [1.807, 2.05) is 157 Å². The van der Waals surface area contributed by atoms with Crippen LogP contribution in [-0.2, 0) is 50.0 Å². The van der Waals surface area contributed by atoms with Gasteiger partial charge in [-0.25, -0.2) is 18.0 Å². The Morgan fingerprint density at radius 1 is 0.522 bits per heavy atom. The molecule has 0 spiro atoms. The van der Waals surface area contributed by atoms with Gasteiger partial charge >= 0.3 is 11.9 Å². The summed E-state index contributed by atoms with van der Waals surface area (Å²) in [5.74, 6) is -0.655. The normalized spacial score (nSPS) is 17.6. The zero-order valence-corrected chi connectivity index (χ0v) is 40.1. The second kappa shape index (κ2) is 25.2. The molecular formula is C57H62N2O8S2. The van der Waals surface area contributed by atoms with E-state index in [0.29, 0.717) is 13.0 Å². The van der Waals surface area contributed by atoms with Crippen molar-refractivity contribution in [1.82, 2.24) is 9.80 Å². The second-order valence-electron chi connectivity index (χ2n) is 17.3. The van der Waals surface area contributed by atoms with Crippen molar-refractivity contribution < 1.29 is 37.1 Å². The van der Waals surface area contributed by atoms with Gasteiger partial charge in [-0.05, 0) is 63.8 Å². The predicted octanol–water partition coefficient (Wildman–Crippen LogP) is 9.60. The van der Waals surface area contributed by atoms with Crippen molar-refractivity contribution in [2.75, 3.05) is 38.8 Å². The zero-order chi connectivity index (χ0) is 47.9. The van der Waals surface area contributed by atoms with E-state index >= 15 is 0 Å². The molecule has 0 radical (unpaired) electrons. The number of carbonyl (C=O) groups excluding carboxylic acids is 4. The van der Waals surface area contributed by atoms with Crippen LogP contribution in [0.1, 0.15) is 65.5 Å². The van der Waals surface area contributed by atoms with Gasteiger partial charge in [0.2, 0.25) is 11.8 Å². The van der Waals surface area contributed by atoms with Crippen LogP contribution in [0.25, 0.3) is 0 Å². The first-order valence-corrected chi connectivity index (χ1v) is 25.8. The highest BCUT2D eigenvalue weighted by Gasteiger charge is 2.45. The molecule has 8 rings (SSSR count). The van der Waals surface area contributed by atoms with Gasteiger partial charge in [-0.1, -0.05) is 189 Å². The Balaban J connectivity index is 0.000000224. The zero-order valence-electron chi connectivity index (χ0n) is 38.4. The average Bonchev–Trinajstić information content (AvgIpc) is 4.00. The summed E-state index contributed by atoms with van der Waals surface area (Å²) in [5.41, 5.74) is 5.49. The number of rotatable bonds is 16. The van der Waals surface area contributed by atoms with Crippen LogP contribution < -0.4 is 0 Å². The number of likely N-dealkylation sites (tertiary alicyclic amines) is 2. The number of amides is 2. The van der Waals surface area contributed by atoms with Gasteiger partial charge in [0.05, 0.1) is 37.6 Å². The second-order valence-corrected chi connectivity index (χ2v) is 20.5. The molecule has 0 saturated carbocycles. The number of methoxy groups -OCH3 is 2. The molecule has 4 atom stereocenters. The quantitative estimate of drug-likeness (QED) is 0.0872. The molecule has 12 heteroatoms. The molecule has 69 heavy (non-hydrogen) atoms. The van der Waals surface area contributed by atoms with Crippen LogP contribution in [0.15, 0.2) is 182 Å². The molecule has 2 saturated heterocycles. The summed E-state index contributed by atoms with van der Waals surface area (Å²) in [5, 5.41) is 0. The van der Waals surface area contributed by atoms with E-state index in [1.54, 1.807) is 29.2 Å². The Hall–Kier alpha value is -6.50. The van der Waals surface area contributed by atoms with Gasteiger partial charge in [-0.3, -0.25) is 9.59 Å². The molecule has 6 aromatic carbocycles. The lowest BCUT2D eigenvalue weighted by Gasteiger charge is -2.28. The summed E-state index contributed by atoms with van der Waals surface area (Å²) in [4.78, 5) is 56.4. The molecule has 10 nitrogen and oxygen atoms in total. The maximum atomic E-state index is 13.9. The van der Waals surface area contributed by atoms with Gasteiger partial charge in [0, 0.05) is 18.8 Å². The summed E-state index contributed by atoms with van der Waals surface area (Å²) in [6.45, 7) is 0.749. The standard InChI is InChI=1S/C28H29NO5S.C28H29NO3S.CH4/c1-34-28(31)25-17-22(20-35(32,33)19-21-11-5-2-6-12-21)18-29(25)27(30)26(23-13-7-3-8-14-23)24-15-9-4-10-16-24;1-32-28(31)25-17-22(20-33-19-21-11-5-2-6-12-21)18-29(25)27(30)26(23-13-7-3-8-14-23)24-15-9-4-10-16-24;/h2-16,22,25-26H,17-20H2,1H3;2-16,22,25-26H,17-20H2,1H3;1H4/t2*22-,25-;/m00./s1. The van der Waals surface area contributed by atoms with Gasteiger partial charge < -0.3 is 19.3 Å². The molecule has 6 aromatic rings. The van der Waals surface area contributed by atoms with Crippen molar-refractivity contribution in [3.63, 3.8) is 0 Å². The third-order valence-corrected chi connectivity index (χ3v) is 15.5. The Morgan fingerprint density at radius 3 is 1.23 bits per heavy atom. The van der Waals surface area contributed by atoms with Crippen LogP contribution in [0, 0.1) is 11.8 Å². The van der Waals surface area contributed by atoms with E-state index in [0.717, 1.165) is 39.3 Å². The third-order valence-electron chi connectivity index (χ3n) is 12.5. The topological polar surface area (TPSA) is 127 Å². The molecule has 360 valence electrons. The largest absolute Gasteiger partial charge is 0.467 e. The van der Waals surface area contributed by atoms with E-state index < -0.39 is 39.7 Å². The molecule has 2 aliphatic rings. The summed E-state index contributed by atoms with van der Waals surface area (Å²) < 4.78 is 36.0. The minimum absolute atomic E-state index is 0. The number of hydrogen-bond acceptors (Lipinski definition) is 9. The highest BCUT2D eigenvalue weighted by Crippen LogP contribution is 2.36. The molecule has 2 heterocycles. The Kier molecular flexibility index (Phi) is 19.0. The molecule has 0 aliphatic carbocycles. The van der Waals surface area contributed by atoms with Gasteiger partial charge in [0.25, 0.3) is 0 Å². The van der Waals surface area contributed by atoms with Crippen molar-refractivity contribution >= 4 is 45.4 Å². The molecule has 2 fully saturated rings. The van der Waals surface area contributed by atoms with Gasteiger partial charge in [0.1, 0.15) is 12.1 Å². The van der Waals surface area contributed by atoms with Crippen molar-refractivity contribution in [3.8, 4) is 0 Å². The highest BCUT2D eigenvalue weighted by atomic mass is 32.2. The molecule has 0 N–H and O–H groups in total. The fourth-order valence-corrected chi connectivity index (χ4v) is 12.2. The predicted molar refractivity (Wildman–Crippen MR) is 274 cm³/mol. The molecule has 0 bridgehead atoms. The molecule has 2 aliphatic heterocycles. The highest BCUT2D eigenvalue weighted by molar-refractivity contribution is 7.98. The maximum Gasteiger partial charge on any atom is 0.328 e. The van der Waals surface area contributed by atoms with E-state index in [9.17, 15) is 27.6 Å². The number of nitrogens with zero attached hydrogens (tertiary/aromatic N) is 2. The summed E-state index contributed by atoms with van der Waals surface area (Å²) >= 11 is 1.85. The summed E-state index contributed by atoms with van der Waals surface area (Å²) in [6.07, 6.45) is 0.888. The monoisotopic (exact) mass is 966 g/mol. The number of hydrogen-bond donors (Lipinski definition) is 0. The number of benzene rings is 6. The Labute approximate surface area is 412 Å². The van der Waals surface area contributed by atoms with Crippen LogP contribution in [0.3, 0.4) is 0 Å². The van der Waals surface area contributed by atoms with Gasteiger partial charge in [0.15, 0.2) is 9.84 Å². The van der Waals surface area contributed by atoms with Crippen LogP contribution in [0.5, 0.6) is 0 Å². The van der Waals surface area contributed by atoms with Crippen molar-refractivity contribution in [2.24, 2.45) is 11.8 Å². The van der Waals surface area contributed by atoms with E-state index in [1.165, 1.54) is 24.7 Å². The Morgan fingerprint density at radius 2 is 0.855 bits per heavy atom. The lowest BCUT2D eigenvalue weighted by atomic mass is 9.90. The maximum absolute atomic E-state index is 13.9. The average molecular weight is 967 g/mol. The van der Waals surface area contributed by atoms with Gasteiger partial charge in [-0.2, -0.15) is 11.8 Å². The van der Waals surface area contributed by atoms with Crippen LogP contribution in [-0.4, -0.2) is 92.9 Å². The van der Waals surface area contributed by atoms with Gasteiger partial charge in [-0.15, -0.1) is 0 Å². The van der Waals surface area contributed by atoms with Crippen molar-refractivity contribution in [3.05, 3.63) is 215 Å². The Bertz CT molecular complexity index is 2580. The number of sulfone groups is 1. The third kappa shape index (κ3) is 13.8. The fourth-order valence-electron chi connectivity index (χ4n) is 9.33. The summed E-state index contributed by atoms with van der Waals surface area (Å²) in [7, 11) is -0.752. The SMILES string of the molecule is C.COC(=O)[C@@H]1C[C@H](CS(=O)(=O)Cc2ccccc2)CN1C(=O)C(c1ccccc1)c1ccccc1.COC(=O)[C@@H]1C[C@H](CSCc2ccccc2)CN1C(=O)C(c1ccccc1)c1ccccc1. The molecule has 2 amide bonds. The molecule has 0 aromatic heterocycles. The van der Waals surface area contributed by atoms with Crippen LogP contribution >= 0.6 is 11.8 Å². The number of esters is 2. The minimum Gasteiger partial charge on any atom is -0.467 e. The van der Waals surface area contributed by atoms with E-state index in [2.05, 4.69) is 12.1 Å². The lowest BCUT2D eigenvalue weighted by Crippen LogP contribution is -2.43. The van der Waals surface area contributed by atoms with Crippen LogP contribution in [0.4, 0.5) is 0 Å². The fraction of sp³-hybridized carbons (Fsp3) is 0.298. The molecular weight excluding hydrogens is 905 g/mol. The molecule has 0 unspecified atom stereocenters. The number of carbonyl (C=O) groups is 4. The van der Waals surface area contributed by atoms with Crippen LogP contribution in [0.2, 0.25) is 0 Å². The smallest absolute Gasteiger partial charge is 0.328 e.